The maximum Gasteiger partial charge on any atom is 0.0761 e. The van der Waals surface area contributed by atoms with E-state index in [-0.39, 0.29) is 6.10 Å². The highest BCUT2D eigenvalue weighted by Gasteiger charge is 2.40. The maximum absolute atomic E-state index is 9.55. The fourth-order valence-corrected chi connectivity index (χ4v) is 3.38. The largest absolute Gasteiger partial charge is 0.389 e. The molecule has 2 nitrogen and oxygen atoms in total. The fraction of sp³-hybridized carbons (Fsp3) is 0.600. The Morgan fingerprint density at radius 2 is 1.59 bits per heavy atom. The smallest absolute Gasteiger partial charge is 0.0761 e. The average molecular weight is 231 g/mol. The van der Waals surface area contributed by atoms with Crippen LogP contribution in [0.25, 0.3) is 0 Å². The number of fused-ring (bicyclic) bond motifs is 3. The number of aliphatic hydroxyl groups excluding tert-OH is 1. The van der Waals surface area contributed by atoms with E-state index in [0.29, 0.717) is 5.41 Å². The Kier molecular flexibility index (Phi) is 2.72. The number of benzene rings is 1. The summed E-state index contributed by atoms with van der Waals surface area (Å²) in [6.45, 7) is 5.61. The second-order valence-electron chi connectivity index (χ2n) is 5.67. The molecule has 3 saturated heterocycles. The molecule has 0 amide bonds. The summed E-state index contributed by atoms with van der Waals surface area (Å²) >= 11 is 0. The van der Waals surface area contributed by atoms with Gasteiger partial charge < -0.3 is 10.0 Å². The van der Waals surface area contributed by atoms with Crippen molar-refractivity contribution in [2.24, 2.45) is 0 Å². The molecule has 3 heterocycles. The highest BCUT2D eigenvalue weighted by molar-refractivity contribution is 5.31. The summed E-state index contributed by atoms with van der Waals surface area (Å²) in [7, 11) is 0. The topological polar surface area (TPSA) is 23.5 Å². The molecule has 1 N–H and O–H groups in total. The zero-order valence-corrected chi connectivity index (χ0v) is 10.5. The zero-order chi connectivity index (χ0) is 11.9. The Hall–Kier alpha value is -0.860. The van der Waals surface area contributed by atoms with E-state index >= 15 is 0 Å². The van der Waals surface area contributed by atoms with Gasteiger partial charge in [0.2, 0.25) is 0 Å². The molecule has 0 spiro atoms. The van der Waals surface area contributed by atoms with Crippen molar-refractivity contribution in [2.75, 3.05) is 19.6 Å². The lowest BCUT2D eigenvalue weighted by molar-refractivity contribution is 0.0817. The minimum Gasteiger partial charge on any atom is -0.389 e. The van der Waals surface area contributed by atoms with Gasteiger partial charge >= 0.3 is 0 Å². The van der Waals surface area contributed by atoms with Crippen LogP contribution in [-0.2, 0) is 5.41 Å². The predicted octanol–water partition coefficient (Wildman–Crippen LogP) is 2.48. The standard InChI is InChI=1S/C15H21NO/c1-12(17)13-2-4-14(5-3-13)15-6-9-16(10-7-15)11-8-15/h2-5,12,17H,6-11H2,1H3. The summed E-state index contributed by atoms with van der Waals surface area (Å²) in [5.74, 6) is 0. The lowest BCUT2D eigenvalue weighted by Crippen LogP contribution is -2.50. The average Bonchev–Trinajstić information content (AvgIpc) is 2.41. The molecule has 3 aliphatic rings. The van der Waals surface area contributed by atoms with Crippen LogP contribution in [0.2, 0.25) is 0 Å². The molecule has 1 aromatic rings. The van der Waals surface area contributed by atoms with E-state index in [9.17, 15) is 5.11 Å². The van der Waals surface area contributed by atoms with Gasteiger partial charge in [-0.1, -0.05) is 24.3 Å². The van der Waals surface area contributed by atoms with Crippen LogP contribution >= 0.6 is 0 Å². The fourth-order valence-electron chi connectivity index (χ4n) is 3.38. The summed E-state index contributed by atoms with van der Waals surface area (Å²) in [5.41, 5.74) is 2.95. The molecule has 1 unspecified atom stereocenters. The van der Waals surface area contributed by atoms with E-state index in [1.165, 1.54) is 44.5 Å². The van der Waals surface area contributed by atoms with Crippen molar-refractivity contribution in [1.29, 1.82) is 0 Å². The van der Waals surface area contributed by atoms with E-state index in [4.69, 9.17) is 0 Å². The van der Waals surface area contributed by atoms with E-state index < -0.39 is 0 Å². The predicted molar refractivity (Wildman–Crippen MR) is 69.0 cm³/mol. The van der Waals surface area contributed by atoms with Crippen molar-refractivity contribution in [3.8, 4) is 0 Å². The van der Waals surface area contributed by atoms with Gasteiger partial charge in [0, 0.05) is 0 Å². The Labute approximate surface area is 103 Å². The van der Waals surface area contributed by atoms with Crippen LogP contribution in [0.4, 0.5) is 0 Å². The van der Waals surface area contributed by atoms with Gasteiger partial charge in [-0.25, -0.2) is 0 Å². The van der Waals surface area contributed by atoms with Gasteiger partial charge in [0.1, 0.15) is 0 Å². The Morgan fingerprint density at radius 1 is 1.06 bits per heavy atom. The highest BCUT2D eigenvalue weighted by Crippen LogP contribution is 2.42. The molecule has 1 aromatic carbocycles. The molecule has 92 valence electrons. The highest BCUT2D eigenvalue weighted by atomic mass is 16.3. The lowest BCUT2D eigenvalue weighted by Gasteiger charge is -2.49. The van der Waals surface area contributed by atoms with Gasteiger partial charge in [-0.3, -0.25) is 0 Å². The van der Waals surface area contributed by atoms with Crippen LogP contribution in [-0.4, -0.2) is 29.6 Å². The molecule has 0 saturated carbocycles. The van der Waals surface area contributed by atoms with Gasteiger partial charge in [-0.15, -0.1) is 0 Å². The van der Waals surface area contributed by atoms with Gasteiger partial charge in [-0.2, -0.15) is 0 Å². The van der Waals surface area contributed by atoms with Crippen molar-refractivity contribution in [3.63, 3.8) is 0 Å². The maximum atomic E-state index is 9.55. The van der Waals surface area contributed by atoms with Crippen LogP contribution in [0.3, 0.4) is 0 Å². The molecular formula is C15H21NO. The molecule has 0 aliphatic carbocycles. The van der Waals surface area contributed by atoms with Crippen LogP contribution < -0.4 is 0 Å². The molecule has 3 aliphatic heterocycles. The van der Waals surface area contributed by atoms with Crippen molar-refractivity contribution in [1.82, 2.24) is 4.90 Å². The second kappa shape index (κ2) is 4.11. The SMILES string of the molecule is CC(O)c1ccc(C23CCN(CC2)CC3)cc1. The molecule has 3 fully saturated rings. The van der Waals surface area contributed by atoms with E-state index in [2.05, 4.69) is 29.2 Å². The van der Waals surface area contributed by atoms with Gasteiger partial charge in [0.25, 0.3) is 0 Å². The third-order valence-corrected chi connectivity index (χ3v) is 4.73. The van der Waals surface area contributed by atoms with Crippen LogP contribution in [0.15, 0.2) is 24.3 Å². The quantitative estimate of drug-likeness (QED) is 0.845. The number of aliphatic hydroxyl groups is 1. The lowest BCUT2D eigenvalue weighted by atomic mass is 9.67. The first-order valence-corrected chi connectivity index (χ1v) is 6.70. The number of nitrogens with zero attached hydrogens (tertiary/aromatic N) is 1. The summed E-state index contributed by atoms with van der Waals surface area (Å²) in [6.07, 6.45) is 3.57. The number of rotatable bonds is 2. The molecule has 4 rings (SSSR count). The van der Waals surface area contributed by atoms with Gasteiger partial charge in [-0.05, 0) is 62.4 Å². The monoisotopic (exact) mass is 231 g/mol. The third kappa shape index (κ3) is 1.90. The van der Waals surface area contributed by atoms with E-state index in [1.54, 1.807) is 0 Å². The van der Waals surface area contributed by atoms with Crippen molar-refractivity contribution in [2.45, 2.75) is 37.7 Å². The van der Waals surface area contributed by atoms with Gasteiger partial charge in [0.15, 0.2) is 0 Å². The van der Waals surface area contributed by atoms with E-state index in [1.807, 2.05) is 6.92 Å². The zero-order valence-electron chi connectivity index (χ0n) is 10.5. The molecule has 1 atom stereocenters. The first-order chi connectivity index (χ1) is 8.20. The Morgan fingerprint density at radius 3 is 2.06 bits per heavy atom. The van der Waals surface area contributed by atoms with Crippen molar-refractivity contribution < 1.29 is 5.11 Å². The van der Waals surface area contributed by atoms with E-state index in [0.717, 1.165) is 5.56 Å². The summed E-state index contributed by atoms with van der Waals surface area (Å²) in [4.78, 5) is 2.58. The van der Waals surface area contributed by atoms with Crippen LogP contribution in [0.5, 0.6) is 0 Å². The summed E-state index contributed by atoms with van der Waals surface area (Å²) < 4.78 is 0. The first kappa shape index (κ1) is 11.2. The van der Waals surface area contributed by atoms with Crippen molar-refractivity contribution in [3.05, 3.63) is 35.4 Å². The molecular weight excluding hydrogens is 210 g/mol. The van der Waals surface area contributed by atoms with Gasteiger partial charge in [0.05, 0.1) is 6.10 Å². The molecule has 2 heteroatoms. The molecule has 17 heavy (non-hydrogen) atoms. The second-order valence-corrected chi connectivity index (χ2v) is 5.67. The molecule has 2 bridgehead atoms. The number of hydrogen-bond acceptors (Lipinski definition) is 2. The summed E-state index contributed by atoms with van der Waals surface area (Å²) in [5, 5.41) is 9.55. The third-order valence-electron chi connectivity index (χ3n) is 4.73. The first-order valence-electron chi connectivity index (χ1n) is 6.70. The van der Waals surface area contributed by atoms with Crippen molar-refractivity contribution >= 4 is 0 Å². The molecule has 0 radical (unpaired) electrons. The minimum atomic E-state index is -0.352. The normalized spacial score (nSPS) is 33.6. The summed E-state index contributed by atoms with van der Waals surface area (Å²) in [6, 6.07) is 8.66. The van der Waals surface area contributed by atoms with Crippen LogP contribution in [0, 0.1) is 0 Å². The molecule has 0 aromatic heterocycles. The van der Waals surface area contributed by atoms with Crippen LogP contribution in [0.1, 0.15) is 43.4 Å². The minimum absolute atomic E-state index is 0.352. The number of hydrogen-bond donors (Lipinski definition) is 1. The Bertz CT molecular complexity index is 374. The number of piperidine rings is 3. The Balaban J connectivity index is 1.88.